The fraction of sp³-hybridized carbons (Fsp3) is 0.476. The van der Waals surface area contributed by atoms with Crippen molar-refractivity contribution in [1.29, 1.82) is 0 Å². The number of carbonyl (C=O) groups is 3. The second-order valence-corrected chi connectivity index (χ2v) is 15.3. The number of aryl methyl sites for hydroxylation is 3. The van der Waals surface area contributed by atoms with Gasteiger partial charge in [-0.05, 0) is 80.6 Å². The summed E-state index contributed by atoms with van der Waals surface area (Å²) in [4.78, 5) is 38.4. The number of hydrogen-bond acceptors (Lipinski definition) is 11. The van der Waals surface area contributed by atoms with Crippen molar-refractivity contribution < 1.29 is 65.4 Å². The van der Waals surface area contributed by atoms with Gasteiger partial charge in [0.25, 0.3) is 16.0 Å². The molecule has 0 unspecified atom stereocenters. The molecule has 3 aromatic carbocycles. The predicted molar refractivity (Wildman–Crippen MR) is 217 cm³/mol. The van der Waals surface area contributed by atoms with Crippen LogP contribution in [0.1, 0.15) is 77.3 Å². The first-order chi connectivity index (χ1) is 27.8. The van der Waals surface area contributed by atoms with Gasteiger partial charge in [-0.1, -0.05) is 13.3 Å². The molecule has 0 atom stereocenters. The largest absolute Gasteiger partial charge is 0.491 e. The summed E-state index contributed by atoms with van der Waals surface area (Å²) >= 11 is 0. The van der Waals surface area contributed by atoms with Gasteiger partial charge >= 0.3 is 11.9 Å². The molecule has 0 aliphatic heterocycles. The number of nitrogens with zero attached hydrogens (tertiary/aromatic N) is 1. The van der Waals surface area contributed by atoms with Crippen molar-refractivity contribution >= 4 is 49.8 Å². The fourth-order valence-corrected chi connectivity index (χ4v) is 6.91. The molecule has 15 nitrogen and oxygen atoms in total. The molecule has 4 rings (SSSR count). The number of carboxylic acid groups (broad SMARTS) is 1. The zero-order chi connectivity index (χ0) is 42.1. The van der Waals surface area contributed by atoms with E-state index in [2.05, 4.69) is 5.32 Å². The number of unbranched alkanes of at least 4 members (excludes halogenated alkanes) is 2. The van der Waals surface area contributed by atoms with Crippen LogP contribution in [0.3, 0.4) is 0 Å². The fourth-order valence-electron chi connectivity index (χ4n) is 6.42. The Balaban J connectivity index is 1.75. The average Bonchev–Trinajstić information content (AvgIpc) is 3.17. The van der Waals surface area contributed by atoms with Crippen LogP contribution in [0.15, 0.2) is 48.5 Å². The van der Waals surface area contributed by atoms with Gasteiger partial charge in [-0.25, -0.2) is 4.79 Å². The topological polar surface area (TPSA) is 197 Å². The van der Waals surface area contributed by atoms with Crippen LogP contribution >= 0.6 is 0 Å². The highest BCUT2D eigenvalue weighted by Gasteiger charge is 2.28. The Bertz CT molecular complexity index is 2120. The van der Waals surface area contributed by atoms with Crippen LogP contribution in [0.4, 0.5) is 0 Å². The van der Waals surface area contributed by atoms with Gasteiger partial charge in [0.05, 0.1) is 48.5 Å². The maximum absolute atomic E-state index is 14.6. The summed E-state index contributed by atoms with van der Waals surface area (Å²) in [5.74, 6) is -1.10. The van der Waals surface area contributed by atoms with E-state index in [-0.39, 0.29) is 49.8 Å². The monoisotopic (exact) mass is 827 g/mol. The van der Waals surface area contributed by atoms with E-state index in [9.17, 15) is 27.4 Å². The predicted octanol–water partition coefficient (Wildman–Crippen LogP) is 5.62. The van der Waals surface area contributed by atoms with Crippen LogP contribution in [0.5, 0.6) is 17.2 Å². The molecule has 0 saturated heterocycles. The third kappa shape index (κ3) is 13.9. The van der Waals surface area contributed by atoms with Gasteiger partial charge < -0.3 is 38.8 Å². The molecule has 4 aromatic rings. The molecule has 0 aliphatic rings. The van der Waals surface area contributed by atoms with E-state index in [1.807, 2.05) is 11.5 Å². The first kappa shape index (κ1) is 45.8. The number of amides is 1. The summed E-state index contributed by atoms with van der Waals surface area (Å²) in [6.45, 7) is 8.66. The van der Waals surface area contributed by atoms with Gasteiger partial charge in [-0.2, -0.15) is 13.0 Å². The van der Waals surface area contributed by atoms with Crippen LogP contribution in [0, 0.1) is 13.8 Å². The third-order valence-corrected chi connectivity index (χ3v) is 9.89. The lowest BCUT2D eigenvalue weighted by atomic mass is 10.0. The number of ether oxygens (including phenoxy) is 6. The highest BCUT2D eigenvalue weighted by molar-refractivity contribution is 7.85. The van der Waals surface area contributed by atoms with Gasteiger partial charge in [0.15, 0.2) is 6.54 Å². The summed E-state index contributed by atoms with van der Waals surface area (Å²) in [7, 11) is -2.65. The summed E-state index contributed by atoms with van der Waals surface area (Å²) < 4.78 is 69.2. The van der Waals surface area contributed by atoms with Crippen molar-refractivity contribution in [3.8, 4) is 17.2 Å². The Kier molecular flexibility index (Phi) is 18.1. The van der Waals surface area contributed by atoms with Crippen molar-refractivity contribution in [1.82, 2.24) is 5.32 Å². The lowest BCUT2D eigenvalue weighted by molar-refractivity contribution is -0.645. The SMILES string of the molecule is CCCOCCOc1ccc2c(c1)c(C(=O)Oc1c(C)cc(C(=O)NCCCCCC(=O)O)cc1C)c1cc(OCCOCCOC)ccc1[n+]2CCCS(=O)(=O)O. The Hall–Kier alpha value is -4.87. The quantitative estimate of drug-likeness (QED) is 0.0176. The molecular formula is C42H55N2O13S+. The van der Waals surface area contributed by atoms with Crippen molar-refractivity contribution in [3.63, 3.8) is 0 Å². The number of aromatic nitrogens is 1. The number of esters is 1. The lowest BCUT2D eigenvalue weighted by Crippen LogP contribution is -2.37. The lowest BCUT2D eigenvalue weighted by Gasteiger charge is -2.16. The molecule has 1 heterocycles. The van der Waals surface area contributed by atoms with Crippen LogP contribution in [0.25, 0.3) is 21.8 Å². The minimum atomic E-state index is -4.24. The molecule has 1 amide bonds. The average molecular weight is 828 g/mol. The number of carbonyl (C=O) groups excluding carboxylic acids is 2. The van der Waals surface area contributed by atoms with E-state index < -0.39 is 27.8 Å². The highest BCUT2D eigenvalue weighted by Crippen LogP contribution is 2.33. The number of aliphatic carboxylic acids is 1. The number of methoxy groups -OCH3 is 1. The van der Waals surface area contributed by atoms with Gasteiger partial charge in [0, 0.05) is 50.8 Å². The van der Waals surface area contributed by atoms with Crippen molar-refractivity contribution in [2.75, 3.05) is 65.7 Å². The van der Waals surface area contributed by atoms with E-state index >= 15 is 0 Å². The molecule has 16 heteroatoms. The normalized spacial score (nSPS) is 11.5. The molecular weight excluding hydrogens is 773 g/mol. The summed E-state index contributed by atoms with van der Waals surface area (Å²) in [6, 6.07) is 13.8. The number of nitrogens with one attached hydrogen (secondary N) is 1. The number of rotatable bonds is 26. The number of fused-ring (bicyclic) bond motifs is 2. The summed E-state index contributed by atoms with van der Waals surface area (Å²) in [5, 5.41) is 12.6. The van der Waals surface area contributed by atoms with Crippen LogP contribution < -0.4 is 24.1 Å². The van der Waals surface area contributed by atoms with Crippen molar-refractivity contribution in [3.05, 3.63) is 70.8 Å². The number of benzene rings is 3. The van der Waals surface area contributed by atoms with E-state index in [1.54, 1.807) is 69.5 Å². The van der Waals surface area contributed by atoms with Crippen LogP contribution in [0.2, 0.25) is 0 Å². The van der Waals surface area contributed by atoms with Crippen LogP contribution in [-0.2, 0) is 35.7 Å². The molecule has 0 saturated carbocycles. The molecule has 0 aliphatic carbocycles. The number of hydrogen-bond donors (Lipinski definition) is 3. The number of pyridine rings is 1. The second kappa shape index (κ2) is 22.9. The van der Waals surface area contributed by atoms with E-state index in [4.69, 9.17) is 33.5 Å². The standard InChI is InChI=1S/C42H54N2O13S/c1-5-17-53-20-22-55-32-11-13-36-34(27-32)39(42(48)57-40-29(2)25-31(26-30(40)3)41(47)43-15-8-6-7-10-38(45)46)35-28-33(56-23-21-54-19-18-52-4)12-14-37(35)44(36)16-9-24-58(49,50)51/h11-14,25-28H,5-10,15-24H2,1-4H3,(H2-,43,45,46,47,49,50,51)/p+1. The number of carboxylic acids is 1. The van der Waals surface area contributed by atoms with Gasteiger partial charge in [0.1, 0.15) is 30.5 Å². The highest BCUT2D eigenvalue weighted by atomic mass is 32.2. The van der Waals surface area contributed by atoms with E-state index in [0.29, 0.717) is 109 Å². The Labute approximate surface area is 339 Å². The zero-order valence-corrected chi connectivity index (χ0v) is 34.5. The van der Waals surface area contributed by atoms with Crippen LogP contribution in [-0.4, -0.2) is 102 Å². The van der Waals surface area contributed by atoms with E-state index in [0.717, 1.165) is 6.42 Å². The first-order valence-corrected chi connectivity index (χ1v) is 21.1. The molecule has 0 fully saturated rings. The molecule has 0 spiro atoms. The Morgan fingerprint density at radius 2 is 1.34 bits per heavy atom. The minimum Gasteiger partial charge on any atom is -0.491 e. The maximum atomic E-state index is 14.6. The van der Waals surface area contributed by atoms with Gasteiger partial charge in [0.2, 0.25) is 11.0 Å². The molecule has 58 heavy (non-hydrogen) atoms. The van der Waals surface area contributed by atoms with Crippen molar-refractivity contribution in [2.24, 2.45) is 0 Å². The molecule has 0 bridgehead atoms. The maximum Gasteiger partial charge on any atom is 0.345 e. The smallest absolute Gasteiger partial charge is 0.345 e. The summed E-state index contributed by atoms with van der Waals surface area (Å²) in [5.41, 5.74) is 2.88. The Morgan fingerprint density at radius 1 is 0.759 bits per heavy atom. The molecule has 0 radical (unpaired) electrons. The minimum absolute atomic E-state index is 0.0850. The molecule has 1 aromatic heterocycles. The van der Waals surface area contributed by atoms with Gasteiger partial charge in [-0.15, -0.1) is 0 Å². The second-order valence-electron chi connectivity index (χ2n) is 13.7. The van der Waals surface area contributed by atoms with Crippen molar-refractivity contribution in [2.45, 2.75) is 65.8 Å². The Morgan fingerprint density at radius 3 is 1.90 bits per heavy atom. The molecule has 316 valence electrons. The third-order valence-electron chi connectivity index (χ3n) is 9.09. The molecule has 3 N–H and O–H groups in total. The van der Waals surface area contributed by atoms with E-state index in [1.165, 1.54) is 0 Å². The van der Waals surface area contributed by atoms with Gasteiger partial charge in [-0.3, -0.25) is 14.1 Å². The first-order valence-electron chi connectivity index (χ1n) is 19.4. The zero-order valence-electron chi connectivity index (χ0n) is 33.7. The summed E-state index contributed by atoms with van der Waals surface area (Å²) in [6.07, 6.45) is 2.88.